The van der Waals surface area contributed by atoms with E-state index in [9.17, 15) is 4.79 Å². The number of rotatable bonds is 4. The first kappa shape index (κ1) is 11.0. The summed E-state index contributed by atoms with van der Waals surface area (Å²) in [5.41, 5.74) is 6.27. The van der Waals surface area contributed by atoms with E-state index < -0.39 is 6.04 Å². The maximum atomic E-state index is 11.4. The molecule has 1 heterocycles. The maximum Gasteiger partial charge on any atom is 0.242 e. The van der Waals surface area contributed by atoms with Crippen molar-refractivity contribution in [1.29, 1.82) is 0 Å². The highest BCUT2D eigenvalue weighted by atomic mass is 16.5. The first-order valence-electron chi connectivity index (χ1n) is 5.50. The molecule has 2 rings (SSSR count). The number of hydrogen-bond acceptors (Lipinski definition) is 3. The first-order valence-corrected chi connectivity index (χ1v) is 5.50. The molecule has 2 atom stereocenters. The highest BCUT2D eigenvalue weighted by Gasteiger charge is 2.29. The highest BCUT2D eigenvalue weighted by Crippen LogP contribution is 2.19. The molecule has 1 aromatic rings. The molecule has 0 radical (unpaired) electrons. The Kier molecular flexibility index (Phi) is 3.41. The summed E-state index contributed by atoms with van der Waals surface area (Å²) in [4.78, 5) is 11.4. The van der Waals surface area contributed by atoms with Gasteiger partial charge in [-0.25, -0.2) is 0 Å². The Bertz CT molecular complexity index is 347. The van der Waals surface area contributed by atoms with Gasteiger partial charge in [-0.1, -0.05) is 18.2 Å². The number of nitrogens with one attached hydrogen (secondary N) is 1. The van der Waals surface area contributed by atoms with E-state index in [1.165, 1.54) is 0 Å². The summed E-state index contributed by atoms with van der Waals surface area (Å²) >= 11 is 0. The Morgan fingerprint density at radius 2 is 2.19 bits per heavy atom. The zero-order valence-corrected chi connectivity index (χ0v) is 9.06. The van der Waals surface area contributed by atoms with E-state index in [1.807, 2.05) is 30.3 Å². The van der Waals surface area contributed by atoms with Gasteiger partial charge in [-0.2, -0.15) is 0 Å². The van der Waals surface area contributed by atoms with Gasteiger partial charge in [-0.05, 0) is 25.0 Å². The van der Waals surface area contributed by atoms with Crippen molar-refractivity contribution in [2.45, 2.75) is 25.0 Å². The van der Waals surface area contributed by atoms with E-state index in [0.29, 0.717) is 6.61 Å². The number of nitrogens with two attached hydrogens (primary N) is 1. The molecule has 0 aromatic heterocycles. The van der Waals surface area contributed by atoms with Crippen molar-refractivity contribution < 1.29 is 9.53 Å². The molecule has 2 unspecified atom stereocenters. The molecule has 1 aliphatic rings. The van der Waals surface area contributed by atoms with Gasteiger partial charge >= 0.3 is 0 Å². The number of hydrogen-bond donors (Lipinski definition) is 2. The number of anilines is 1. The lowest BCUT2D eigenvalue weighted by Gasteiger charge is -2.22. The number of benzene rings is 1. The first-order chi connectivity index (χ1) is 7.77. The molecule has 3 N–H and O–H groups in total. The molecule has 4 heteroatoms. The molecule has 4 nitrogen and oxygen atoms in total. The molecule has 1 aromatic carbocycles. The summed E-state index contributed by atoms with van der Waals surface area (Å²) in [5, 5.41) is 3.12. The van der Waals surface area contributed by atoms with Crippen LogP contribution < -0.4 is 11.1 Å². The quantitative estimate of drug-likeness (QED) is 0.799. The van der Waals surface area contributed by atoms with E-state index >= 15 is 0 Å². The second-order valence-electron chi connectivity index (χ2n) is 3.94. The average Bonchev–Trinajstić information content (AvgIpc) is 2.80. The Labute approximate surface area is 94.8 Å². The van der Waals surface area contributed by atoms with Crippen molar-refractivity contribution in [3.05, 3.63) is 30.3 Å². The summed E-state index contributed by atoms with van der Waals surface area (Å²) in [7, 11) is 0. The van der Waals surface area contributed by atoms with Crippen molar-refractivity contribution in [3.63, 3.8) is 0 Å². The average molecular weight is 220 g/mol. The Hall–Kier alpha value is -1.55. The molecule has 0 bridgehead atoms. The van der Waals surface area contributed by atoms with Crippen molar-refractivity contribution in [2.24, 2.45) is 5.73 Å². The Balaban J connectivity index is 2.05. The number of amides is 1. The van der Waals surface area contributed by atoms with Crippen molar-refractivity contribution >= 4 is 11.6 Å². The van der Waals surface area contributed by atoms with E-state index in [1.54, 1.807) is 0 Å². The van der Waals surface area contributed by atoms with Crippen molar-refractivity contribution in [3.8, 4) is 0 Å². The van der Waals surface area contributed by atoms with Crippen LogP contribution in [0.5, 0.6) is 0 Å². The van der Waals surface area contributed by atoms with Crippen LogP contribution in [0, 0.1) is 0 Å². The predicted molar refractivity (Wildman–Crippen MR) is 62.0 cm³/mol. The topological polar surface area (TPSA) is 64.4 Å². The van der Waals surface area contributed by atoms with Crippen LogP contribution in [0.25, 0.3) is 0 Å². The highest BCUT2D eigenvalue weighted by molar-refractivity contribution is 5.83. The number of ether oxygens (including phenoxy) is 1. The van der Waals surface area contributed by atoms with Crippen LogP contribution in [-0.2, 0) is 9.53 Å². The lowest BCUT2D eigenvalue weighted by Crippen LogP contribution is -2.44. The molecule has 1 saturated heterocycles. The molecule has 86 valence electrons. The SMILES string of the molecule is NC(=O)C(Nc1ccccc1)C1CCCO1. The van der Waals surface area contributed by atoms with Crippen LogP contribution in [0.1, 0.15) is 12.8 Å². The third kappa shape index (κ3) is 2.52. The van der Waals surface area contributed by atoms with Gasteiger partial charge in [0.1, 0.15) is 6.04 Å². The van der Waals surface area contributed by atoms with Gasteiger partial charge in [-0.3, -0.25) is 4.79 Å². The normalized spacial score (nSPS) is 21.6. The molecular weight excluding hydrogens is 204 g/mol. The summed E-state index contributed by atoms with van der Waals surface area (Å²) in [6.45, 7) is 0.713. The van der Waals surface area contributed by atoms with Gasteiger partial charge in [0.15, 0.2) is 0 Å². The van der Waals surface area contributed by atoms with E-state index in [-0.39, 0.29) is 12.0 Å². The lowest BCUT2D eigenvalue weighted by molar-refractivity contribution is -0.121. The fourth-order valence-corrected chi connectivity index (χ4v) is 1.93. The predicted octanol–water partition coefficient (Wildman–Crippen LogP) is 1.13. The minimum Gasteiger partial charge on any atom is -0.376 e. The Morgan fingerprint density at radius 3 is 2.75 bits per heavy atom. The maximum absolute atomic E-state index is 11.4. The van der Waals surface area contributed by atoms with Crippen LogP contribution in [0.2, 0.25) is 0 Å². The van der Waals surface area contributed by atoms with Crippen LogP contribution >= 0.6 is 0 Å². The molecule has 1 amide bonds. The largest absolute Gasteiger partial charge is 0.376 e. The molecule has 16 heavy (non-hydrogen) atoms. The van der Waals surface area contributed by atoms with Gasteiger partial charge in [0.25, 0.3) is 0 Å². The summed E-state index contributed by atoms with van der Waals surface area (Å²) in [6.07, 6.45) is 1.77. The van der Waals surface area contributed by atoms with E-state index in [2.05, 4.69) is 5.32 Å². The van der Waals surface area contributed by atoms with Crippen LogP contribution in [0.15, 0.2) is 30.3 Å². The van der Waals surface area contributed by atoms with Gasteiger partial charge in [-0.15, -0.1) is 0 Å². The summed E-state index contributed by atoms with van der Waals surface area (Å²) in [6, 6.07) is 9.13. The molecular formula is C12H16N2O2. The van der Waals surface area contributed by atoms with Crippen LogP contribution in [0.3, 0.4) is 0 Å². The minimum absolute atomic E-state index is 0.0993. The standard InChI is InChI=1S/C12H16N2O2/c13-12(15)11(10-7-4-8-16-10)14-9-5-2-1-3-6-9/h1-3,5-6,10-11,14H,4,7-8H2,(H2,13,15). The molecule has 0 aliphatic carbocycles. The zero-order chi connectivity index (χ0) is 11.4. The second kappa shape index (κ2) is 4.99. The second-order valence-corrected chi connectivity index (χ2v) is 3.94. The Morgan fingerprint density at radius 1 is 1.44 bits per heavy atom. The van der Waals surface area contributed by atoms with Gasteiger partial charge in [0, 0.05) is 12.3 Å². The van der Waals surface area contributed by atoms with E-state index in [4.69, 9.17) is 10.5 Å². The van der Waals surface area contributed by atoms with Crippen LogP contribution in [-0.4, -0.2) is 24.7 Å². The number of carbonyl (C=O) groups excluding carboxylic acids is 1. The molecule has 1 fully saturated rings. The fraction of sp³-hybridized carbons (Fsp3) is 0.417. The minimum atomic E-state index is -0.440. The summed E-state index contributed by atoms with van der Waals surface area (Å²) in [5.74, 6) is -0.365. The molecule has 1 aliphatic heterocycles. The fourth-order valence-electron chi connectivity index (χ4n) is 1.93. The molecule has 0 saturated carbocycles. The molecule has 0 spiro atoms. The van der Waals surface area contributed by atoms with Crippen molar-refractivity contribution in [2.75, 3.05) is 11.9 Å². The third-order valence-electron chi connectivity index (χ3n) is 2.74. The van der Waals surface area contributed by atoms with E-state index in [0.717, 1.165) is 18.5 Å². The van der Waals surface area contributed by atoms with Crippen molar-refractivity contribution in [1.82, 2.24) is 0 Å². The number of para-hydroxylation sites is 1. The number of primary amides is 1. The lowest BCUT2D eigenvalue weighted by atomic mass is 10.1. The van der Waals surface area contributed by atoms with Gasteiger partial charge in [0.2, 0.25) is 5.91 Å². The van der Waals surface area contributed by atoms with Gasteiger partial charge in [0.05, 0.1) is 6.10 Å². The third-order valence-corrected chi connectivity index (χ3v) is 2.74. The smallest absolute Gasteiger partial charge is 0.242 e. The summed E-state index contributed by atoms with van der Waals surface area (Å²) < 4.78 is 5.49. The zero-order valence-electron chi connectivity index (χ0n) is 9.06. The monoisotopic (exact) mass is 220 g/mol. The van der Waals surface area contributed by atoms with Gasteiger partial charge < -0.3 is 15.8 Å². The van der Waals surface area contributed by atoms with Crippen LogP contribution in [0.4, 0.5) is 5.69 Å². The number of carbonyl (C=O) groups is 1.